The molecule has 0 aliphatic carbocycles. The predicted octanol–water partition coefficient (Wildman–Crippen LogP) is 4.79. The second-order valence-electron chi connectivity index (χ2n) is 7.02. The molecule has 0 fully saturated rings. The van der Waals surface area contributed by atoms with E-state index in [0.29, 0.717) is 13.0 Å². The molecule has 0 aromatic heterocycles. The monoisotopic (exact) mass is 363 g/mol. The average Bonchev–Trinajstić information content (AvgIpc) is 2.64. The highest BCUT2D eigenvalue weighted by Gasteiger charge is 2.30. The van der Waals surface area contributed by atoms with Crippen molar-refractivity contribution in [3.63, 3.8) is 0 Å². The summed E-state index contributed by atoms with van der Waals surface area (Å²) in [5, 5.41) is 0. The molecule has 0 spiro atoms. The molecule has 0 bridgehead atoms. The van der Waals surface area contributed by atoms with Crippen LogP contribution >= 0.6 is 0 Å². The Morgan fingerprint density at radius 3 is 2.35 bits per heavy atom. The zero-order chi connectivity index (χ0) is 19.4. The molecule has 0 heterocycles. The van der Waals surface area contributed by atoms with Crippen molar-refractivity contribution < 1.29 is 19.1 Å². The van der Waals surface area contributed by atoms with Gasteiger partial charge in [-0.1, -0.05) is 70.4 Å². The molecule has 146 valence electrons. The Labute approximate surface area is 157 Å². The molecule has 1 amide bonds. The van der Waals surface area contributed by atoms with Gasteiger partial charge in [-0.05, 0) is 24.3 Å². The third-order valence-corrected chi connectivity index (χ3v) is 4.17. The van der Waals surface area contributed by atoms with E-state index in [1.165, 1.54) is 4.90 Å². The van der Waals surface area contributed by atoms with E-state index >= 15 is 0 Å². The van der Waals surface area contributed by atoms with Crippen LogP contribution in [0.25, 0.3) is 0 Å². The second kappa shape index (κ2) is 12.3. The number of carbonyl (C=O) groups is 2. The molecule has 5 nitrogen and oxygen atoms in total. The summed E-state index contributed by atoms with van der Waals surface area (Å²) in [5.74, 6) is -0.0913. The fourth-order valence-corrected chi connectivity index (χ4v) is 2.61. The Balaban J connectivity index is 2.56. The van der Waals surface area contributed by atoms with Gasteiger partial charge in [0.1, 0.15) is 12.6 Å². The van der Waals surface area contributed by atoms with Crippen molar-refractivity contribution in [1.82, 2.24) is 4.90 Å². The van der Waals surface area contributed by atoms with Gasteiger partial charge in [-0.15, -0.1) is 0 Å². The van der Waals surface area contributed by atoms with Crippen molar-refractivity contribution in [2.75, 3.05) is 13.7 Å². The molecule has 0 saturated carbocycles. The lowest BCUT2D eigenvalue weighted by atomic mass is 10.0. The quantitative estimate of drug-likeness (QED) is 0.419. The molecular formula is C21H33NO4. The highest BCUT2D eigenvalue weighted by atomic mass is 16.6. The van der Waals surface area contributed by atoms with Crippen molar-refractivity contribution >= 4 is 12.1 Å². The molecule has 1 aromatic rings. The molecule has 0 N–H and O–H groups in total. The van der Waals surface area contributed by atoms with Crippen LogP contribution in [0.15, 0.2) is 30.3 Å². The Hall–Kier alpha value is -2.04. The third-order valence-electron chi connectivity index (χ3n) is 4.17. The summed E-state index contributed by atoms with van der Waals surface area (Å²) in [4.78, 5) is 26.2. The van der Waals surface area contributed by atoms with Crippen molar-refractivity contribution in [2.45, 2.75) is 65.5 Å². The van der Waals surface area contributed by atoms with E-state index in [0.717, 1.165) is 31.2 Å². The zero-order valence-corrected chi connectivity index (χ0v) is 16.6. The molecule has 1 unspecified atom stereocenters. The Morgan fingerprint density at radius 2 is 1.73 bits per heavy atom. The van der Waals surface area contributed by atoms with Crippen molar-refractivity contribution in [3.05, 3.63) is 35.9 Å². The SMILES string of the molecule is CCCCCCOC(=O)C(CC(C)C)N(C)C(=O)OCc1ccccc1. The number of carbonyl (C=O) groups excluding carboxylic acids is 2. The maximum absolute atomic E-state index is 12.5. The van der Waals surface area contributed by atoms with E-state index in [2.05, 4.69) is 6.92 Å². The lowest BCUT2D eigenvalue weighted by Crippen LogP contribution is -2.44. The normalized spacial score (nSPS) is 11.9. The van der Waals surface area contributed by atoms with Gasteiger partial charge in [-0.25, -0.2) is 9.59 Å². The topological polar surface area (TPSA) is 55.8 Å². The molecule has 0 saturated heterocycles. The second-order valence-corrected chi connectivity index (χ2v) is 7.02. The van der Waals surface area contributed by atoms with Gasteiger partial charge in [0.15, 0.2) is 0 Å². The highest BCUT2D eigenvalue weighted by Crippen LogP contribution is 2.14. The van der Waals surface area contributed by atoms with Crippen LogP contribution in [0.5, 0.6) is 0 Å². The minimum Gasteiger partial charge on any atom is -0.464 e. The maximum Gasteiger partial charge on any atom is 0.410 e. The van der Waals surface area contributed by atoms with E-state index in [4.69, 9.17) is 9.47 Å². The number of rotatable bonds is 11. The summed E-state index contributed by atoms with van der Waals surface area (Å²) in [6, 6.07) is 8.86. The summed E-state index contributed by atoms with van der Waals surface area (Å²) < 4.78 is 10.7. The Bertz CT molecular complexity index is 530. The summed E-state index contributed by atoms with van der Waals surface area (Å²) in [6.07, 6.45) is 4.22. The Morgan fingerprint density at radius 1 is 1.04 bits per heavy atom. The fourth-order valence-electron chi connectivity index (χ4n) is 2.61. The first-order chi connectivity index (χ1) is 12.5. The summed E-state index contributed by atoms with van der Waals surface area (Å²) in [7, 11) is 1.60. The van der Waals surface area contributed by atoms with Crippen molar-refractivity contribution in [1.29, 1.82) is 0 Å². The predicted molar refractivity (Wildman–Crippen MR) is 103 cm³/mol. The molecule has 5 heteroatoms. The van der Waals surface area contributed by atoms with Gasteiger partial charge in [0.2, 0.25) is 0 Å². The van der Waals surface area contributed by atoms with E-state index in [9.17, 15) is 9.59 Å². The van der Waals surface area contributed by atoms with Crippen molar-refractivity contribution in [2.24, 2.45) is 5.92 Å². The first-order valence-electron chi connectivity index (χ1n) is 9.55. The smallest absolute Gasteiger partial charge is 0.410 e. The van der Waals surface area contributed by atoms with Crippen LogP contribution in [0.1, 0.15) is 58.4 Å². The van der Waals surface area contributed by atoms with Crippen LogP contribution in [-0.4, -0.2) is 36.7 Å². The minimum atomic E-state index is -0.621. The van der Waals surface area contributed by atoms with E-state index in [1.807, 2.05) is 44.2 Å². The summed E-state index contributed by atoms with van der Waals surface area (Å²) in [5.41, 5.74) is 0.910. The van der Waals surface area contributed by atoms with Crippen molar-refractivity contribution in [3.8, 4) is 0 Å². The molecule has 1 atom stereocenters. The largest absolute Gasteiger partial charge is 0.464 e. The number of esters is 1. The first kappa shape index (κ1) is 22.0. The average molecular weight is 363 g/mol. The van der Waals surface area contributed by atoms with Crippen LogP contribution in [-0.2, 0) is 20.9 Å². The van der Waals surface area contributed by atoms with Crippen LogP contribution in [0, 0.1) is 5.92 Å². The number of hydrogen-bond donors (Lipinski definition) is 0. The molecule has 1 aromatic carbocycles. The van der Waals surface area contributed by atoms with Crippen LogP contribution in [0.2, 0.25) is 0 Å². The maximum atomic E-state index is 12.5. The first-order valence-corrected chi connectivity index (χ1v) is 9.55. The number of amides is 1. The van der Waals surface area contributed by atoms with Gasteiger partial charge in [0, 0.05) is 7.05 Å². The van der Waals surface area contributed by atoms with Crippen LogP contribution in [0.4, 0.5) is 4.79 Å². The van der Waals surface area contributed by atoms with Crippen LogP contribution < -0.4 is 0 Å². The Kier molecular flexibility index (Phi) is 10.4. The standard InChI is InChI=1S/C21H33NO4/c1-5-6-7-11-14-25-20(23)19(15-17(2)3)22(4)21(24)26-16-18-12-9-8-10-13-18/h8-10,12-13,17,19H,5-7,11,14-16H2,1-4H3. The fraction of sp³-hybridized carbons (Fsp3) is 0.619. The molecule has 0 aliphatic heterocycles. The lowest BCUT2D eigenvalue weighted by molar-refractivity contribution is -0.149. The van der Waals surface area contributed by atoms with E-state index < -0.39 is 12.1 Å². The zero-order valence-electron chi connectivity index (χ0n) is 16.6. The molecule has 1 rings (SSSR count). The van der Waals surface area contributed by atoms with Gasteiger partial charge in [-0.3, -0.25) is 4.90 Å². The molecule has 0 radical (unpaired) electrons. The highest BCUT2D eigenvalue weighted by molar-refractivity contribution is 5.81. The number of hydrogen-bond acceptors (Lipinski definition) is 4. The molecule has 26 heavy (non-hydrogen) atoms. The number of nitrogens with zero attached hydrogens (tertiary/aromatic N) is 1. The third kappa shape index (κ3) is 8.37. The van der Waals surface area contributed by atoms with Gasteiger partial charge >= 0.3 is 12.1 Å². The molecule has 0 aliphatic rings. The number of likely N-dealkylation sites (N-methyl/N-ethyl adjacent to an activating group) is 1. The summed E-state index contributed by atoms with van der Waals surface area (Å²) >= 11 is 0. The van der Waals surface area contributed by atoms with Gasteiger partial charge in [0.25, 0.3) is 0 Å². The van der Waals surface area contributed by atoms with Gasteiger partial charge in [0.05, 0.1) is 6.61 Å². The molecular weight excluding hydrogens is 330 g/mol. The number of ether oxygens (including phenoxy) is 2. The minimum absolute atomic E-state index is 0.185. The number of benzene rings is 1. The lowest BCUT2D eigenvalue weighted by Gasteiger charge is -2.27. The van der Waals surface area contributed by atoms with E-state index in [-0.39, 0.29) is 18.5 Å². The number of unbranched alkanes of at least 4 members (excludes halogenated alkanes) is 3. The van der Waals surface area contributed by atoms with Gasteiger partial charge < -0.3 is 9.47 Å². The van der Waals surface area contributed by atoms with Gasteiger partial charge in [-0.2, -0.15) is 0 Å². The summed E-state index contributed by atoms with van der Waals surface area (Å²) in [6.45, 7) is 6.76. The van der Waals surface area contributed by atoms with Crippen LogP contribution in [0.3, 0.4) is 0 Å². The van der Waals surface area contributed by atoms with E-state index in [1.54, 1.807) is 7.05 Å².